The molecule has 3 rings (SSSR count). The molecule has 0 bridgehead atoms. The molecule has 1 amide bonds. The van der Waals surface area contributed by atoms with Crippen LogP contribution in [0.4, 0.5) is 0 Å². The fourth-order valence-electron chi connectivity index (χ4n) is 3.50. The maximum Gasteiger partial charge on any atom is 0.223 e. The third-order valence-corrected chi connectivity index (χ3v) is 5.33. The van der Waals surface area contributed by atoms with Crippen LogP contribution < -0.4 is 0 Å². The third kappa shape index (κ3) is 4.42. The van der Waals surface area contributed by atoms with Crippen LogP contribution in [0.1, 0.15) is 36.3 Å². The molecule has 2 aromatic rings. The van der Waals surface area contributed by atoms with Gasteiger partial charge in [-0.25, -0.2) is 0 Å². The number of carbonyl (C=O) groups excluding carboxylic acids is 1. The lowest BCUT2D eigenvalue weighted by Crippen LogP contribution is -2.41. The highest BCUT2D eigenvalue weighted by molar-refractivity contribution is 6.31. The van der Waals surface area contributed by atoms with E-state index in [4.69, 9.17) is 16.3 Å². The van der Waals surface area contributed by atoms with Crippen LogP contribution in [0.5, 0.6) is 0 Å². The number of likely N-dealkylation sites (tertiary alicyclic amines) is 1. The first-order valence-electron chi connectivity index (χ1n) is 8.79. The van der Waals surface area contributed by atoms with Crippen molar-refractivity contribution in [1.82, 2.24) is 4.90 Å². The second-order valence-electron chi connectivity index (χ2n) is 6.50. The van der Waals surface area contributed by atoms with Crippen molar-refractivity contribution in [1.29, 1.82) is 0 Å². The van der Waals surface area contributed by atoms with E-state index >= 15 is 0 Å². The van der Waals surface area contributed by atoms with Gasteiger partial charge in [-0.15, -0.1) is 0 Å². The summed E-state index contributed by atoms with van der Waals surface area (Å²) < 4.78 is 5.40. The van der Waals surface area contributed by atoms with E-state index in [2.05, 4.69) is 12.1 Å². The van der Waals surface area contributed by atoms with Gasteiger partial charge in [-0.3, -0.25) is 4.79 Å². The number of carbonyl (C=O) groups is 1. The zero-order chi connectivity index (χ0) is 17.6. The van der Waals surface area contributed by atoms with E-state index in [-0.39, 0.29) is 17.9 Å². The van der Waals surface area contributed by atoms with Gasteiger partial charge in [-0.2, -0.15) is 0 Å². The molecule has 132 valence electrons. The predicted molar refractivity (Wildman–Crippen MR) is 101 cm³/mol. The molecule has 1 heterocycles. The topological polar surface area (TPSA) is 29.5 Å². The monoisotopic (exact) mass is 357 g/mol. The van der Waals surface area contributed by atoms with Gasteiger partial charge in [0, 0.05) is 37.6 Å². The summed E-state index contributed by atoms with van der Waals surface area (Å²) in [5, 5.41) is 0.710. The first-order valence-corrected chi connectivity index (χ1v) is 9.16. The molecule has 0 unspecified atom stereocenters. The average molecular weight is 358 g/mol. The average Bonchev–Trinajstić information content (AvgIpc) is 2.67. The van der Waals surface area contributed by atoms with Crippen LogP contribution in [0.25, 0.3) is 0 Å². The molecule has 0 radical (unpaired) electrons. The summed E-state index contributed by atoms with van der Waals surface area (Å²) in [4.78, 5) is 14.9. The van der Waals surface area contributed by atoms with Gasteiger partial charge in [-0.1, -0.05) is 60.1 Å². The summed E-state index contributed by atoms with van der Waals surface area (Å²) in [6.07, 6.45) is 2.53. The largest absolute Gasteiger partial charge is 0.381 e. The Morgan fingerprint density at radius 1 is 1.12 bits per heavy atom. The number of ether oxygens (including phenoxy) is 1. The molecule has 2 aromatic carbocycles. The quantitative estimate of drug-likeness (QED) is 0.788. The highest BCUT2D eigenvalue weighted by atomic mass is 35.5. The lowest BCUT2D eigenvalue weighted by atomic mass is 9.88. The Hall–Kier alpha value is -1.84. The molecule has 25 heavy (non-hydrogen) atoms. The highest BCUT2D eigenvalue weighted by Gasteiger charge is 2.26. The first-order chi connectivity index (χ1) is 12.2. The second-order valence-corrected chi connectivity index (χ2v) is 6.91. The van der Waals surface area contributed by atoms with Crippen LogP contribution >= 0.6 is 11.6 Å². The summed E-state index contributed by atoms with van der Waals surface area (Å²) >= 11 is 6.43. The van der Waals surface area contributed by atoms with Gasteiger partial charge in [0.25, 0.3) is 0 Å². The van der Waals surface area contributed by atoms with Crippen molar-refractivity contribution < 1.29 is 9.53 Å². The number of nitrogens with zero attached hydrogens (tertiary/aromatic N) is 1. The molecule has 0 spiro atoms. The Kier molecular flexibility index (Phi) is 6.11. The summed E-state index contributed by atoms with van der Waals surface area (Å²) in [7, 11) is 1.74. The SMILES string of the molecule is COC1CCN(C(=O)C[C@H](c2ccccc2)c2ccccc2Cl)CC1. The van der Waals surface area contributed by atoms with E-state index in [1.165, 1.54) is 0 Å². The molecular formula is C21H24ClNO2. The molecule has 0 saturated carbocycles. The Bertz CT molecular complexity index is 696. The number of piperidine rings is 1. The molecule has 1 aliphatic rings. The number of hydrogen-bond acceptors (Lipinski definition) is 2. The molecule has 0 aliphatic carbocycles. The van der Waals surface area contributed by atoms with E-state index in [0.29, 0.717) is 11.4 Å². The fraction of sp³-hybridized carbons (Fsp3) is 0.381. The molecule has 1 saturated heterocycles. The lowest BCUT2D eigenvalue weighted by molar-refractivity contribution is -0.133. The van der Waals surface area contributed by atoms with Gasteiger partial charge in [0.2, 0.25) is 5.91 Å². The first kappa shape index (κ1) is 18.0. The minimum absolute atomic E-state index is 0.0254. The van der Waals surface area contributed by atoms with Crippen molar-refractivity contribution in [2.24, 2.45) is 0 Å². The molecule has 0 N–H and O–H groups in total. The molecule has 3 nitrogen and oxygen atoms in total. The minimum atomic E-state index is -0.0254. The smallest absolute Gasteiger partial charge is 0.223 e. The number of halogens is 1. The Morgan fingerprint density at radius 3 is 2.40 bits per heavy atom. The Morgan fingerprint density at radius 2 is 1.76 bits per heavy atom. The van der Waals surface area contributed by atoms with Gasteiger partial charge in [0.15, 0.2) is 0 Å². The fourth-order valence-corrected chi connectivity index (χ4v) is 3.76. The van der Waals surface area contributed by atoms with Crippen molar-refractivity contribution in [2.75, 3.05) is 20.2 Å². The van der Waals surface area contributed by atoms with Crippen molar-refractivity contribution in [3.63, 3.8) is 0 Å². The molecule has 0 aromatic heterocycles. The summed E-state index contributed by atoms with van der Waals surface area (Å²) in [6, 6.07) is 17.9. The standard InChI is InChI=1S/C21H24ClNO2/c1-25-17-11-13-23(14-12-17)21(24)15-19(16-7-3-2-4-8-16)18-9-5-6-10-20(18)22/h2-10,17,19H,11-15H2,1H3/t19-/m1/s1. The van der Waals surface area contributed by atoms with E-state index < -0.39 is 0 Å². The molecular weight excluding hydrogens is 334 g/mol. The van der Waals surface area contributed by atoms with Crippen molar-refractivity contribution >= 4 is 17.5 Å². The normalized spacial score (nSPS) is 16.6. The van der Waals surface area contributed by atoms with Crippen LogP contribution in [0.2, 0.25) is 5.02 Å². The van der Waals surface area contributed by atoms with Gasteiger partial charge in [-0.05, 0) is 30.0 Å². The zero-order valence-corrected chi connectivity index (χ0v) is 15.3. The van der Waals surface area contributed by atoms with Crippen LogP contribution in [-0.4, -0.2) is 37.1 Å². The van der Waals surface area contributed by atoms with Gasteiger partial charge in [0.1, 0.15) is 0 Å². The van der Waals surface area contributed by atoms with Crippen LogP contribution in [0.3, 0.4) is 0 Å². The molecule has 1 aliphatic heterocycles. The summed E-state index contributed by atoms with van der Waals surface area (Å²) in [5.41, 5.74) is 2.13. The lowest BCUT2D eigenvalue weighted by Gasteiger charge is -2.32. The second kappa shape index (κ2) is 8.50. The molecule has 1 fully saturated rings. The van der Waals surface area contributed by atoms with Gasteiger partial charge < -0.3 is 9.64 Å². The number of rotatable bonds is 5. The van der Waals surface area contributed by atoms with Crippen molar-refractivity contribution in [3.8, 4) is 0 Å². The van der Waals surface area contributed by atoms with E-state index in [9.17, 15) is 4.79 Å². The maximum atomic E-state index is 12.9. The molecule has 4 heteroatoms. The highest BCUT2D eigenvalue weighted by Crippen LogP contribution is 2.33. The summed E-state index contributed by atoms with van der Waals surface area (Å²) in [5.74, 6) is 0.158. The maximum absolute atomic E-state index is 12.9. The van der Waals surface area contributed by atoms with Crippen LogP contribution in [0, 0.1) is 0 Å². The van der Waals surface area contributed by atoms with Crippen LogP contribution in [0.15, 0.2) is 54.6 Å². The van der Waals surface area contributed by atoms with Crippen molar-refractivity contribution in [2.45, 2.75) is 31.3 Å². The van der Waals surface area contributed by atoms with Gasteiger partial charge >= 0.3 is 0 Å². The Labute approximate surface area is 154 Å². The third-order valence-electron chi connectivity index (χ3n) is 4.99. The van der Waals surface area contributed by atoms with E-state index in [1.807, 2.05) is 47.4 Å². The minimum Gasteiger partial charge on any atom is -0.381 e. The summed E-state index contributed by atoms with van der Waals surface area (Å²) in [6.45, 7) is 1.53. The number of amides is 1. The van der Waals surface area contributed by atoms with E-state index in [0.717, 1.165) is 37.1 Å². The predicted octanol–water partition coefficient (Wildman–Crippen LogP) is 4.50. The zero-order valence-electron chi connectivity index (χ0n) is 14.5. The number of methoxy groups -OCH3 is 1. The van der Waals surface area contributed by atoms with E-state index in [1.54, 1.807) is 7.11 Å². The Balaban J connectivity index is 1.79. The van der Waals surface area contributed by atoms with Gasteiger partial charge in [0.05, 0.1) is 6.10 Å². The van der Waals surface area contributed by atoms with Crippen LogP contribution in [-0.2, 0) is 9.53 Å². The number of hydrogen-bond donors (Lipinski definition) is 0. The molecule has 1 atom stereocenters. The number of benzene rings is 2. The van der Waals surface area contributed by atoms with Crippen molar-refractivity contribution in [3.05, 3.63) is 70.7 Å².